The van der Waals surface area contributed by atoms with Crippen LogP contribution in [0.2, 0.25) is 0 Å². The lowest BCUT2D eigenvalue weighted by molar-refractivity contribution is 0.0951. The molecular weight excluding hydrogens is 314 g/mol. The zero-order chi connectivity index (χ0) is 17.2. The van der Waals surface area contributed by atoms with Crippen LogP contribution >= 0.6 is 0 Å². The highest BCUT2D eigenvalue weighted by atomic mass is 16.1. The average Bonchev–Trinajstić information content (AvgIpc) is 3.35. The molecule has 3 aromatic rings. The van der Waals surface area contributed by atoms with E-state index in [0.29, 0.717) is 11.6 Å². The number of amides is 1. The number of nitrogens with zero attached hydrogens (tertiary/aromatic N) is 3. The molecule has 0 aliphatic heterocycles. The van der Waals surface area contributed by atoms with Crippen LogP contribution in [0, 0.1) is 0 Å². The van der Waals surface area contributed by atoms with Crippen molar-refractivity contribution in [1.29, 1.82) is 0 Å². The molecule has 1 saturated carbocycles. The number of nitrogens with one attached hydrogen (secondary N) is 2. The standard InChI is InChI=1S/C19H21N5O/c1-2-10-20-17-9-11-21-18-16(12-22-24(17)18)13-3-5-14(6-4-13)19(25)23-15-7-8-15/h3-6,9,11-12,15,20H,2,7-8,10H2,1H3,(H,23,25). The van der Waals surface area contributed by atoms with E-state index in [1.54, 1.807) is 6.20 Å². The lowest BCUT2D eigenvalue weighted by Gasteiger charge is -2.07. The Bertz CT molecular complexity index is 896. The van der Waals surface area contributed by atoms with Gasteiger partial charge in [0.25, 0.3) is 5.91 Å². The van der Waals surface area contributed by atoms with Gasteiger partial charge >= 0.3 is 0 Å². The van der Waals surface area contributed by atoms with E-state index in [2.05, 4.69) is 27.6 Å². The molecule has 6 nitrogen and oxygen atoms in total. The Morgan fingerprint density at radius 3 is 2.76 bits per heavy atom. The van der Waals surface area contributed by atoms with E-state index in [-0.39, 0.29) is 5.91 Å². The summed E-state index contributed by atoms with van der Waals surface area (Å²) in [6.07, 6.45) is 6.83. The molecule has 0 saturated heterocycles. The minimum absolute atomic E-state index is 0.00177. The second-order valence-electron chi connectivity index (χ2n) is 6.38. The van der Waals surface area contributed by atoms with Crippen LogP contribution in [0.5, 0.6) is 0 Å². The van der Waals surface area contributed by atoms with Gasteiger partial charge in [0.15, 0.2) is 5.65 Å². The Morgan fingerprint density at radius 1 is 1.24 bits per heavy atom. The fraction of sp³-hybridized carbons (Fsp3) is 0.316. The van der Waals surface area contributed by atoms with Gasteiger partial charge in [0.05, 0.1) is 6.20 Å². The highest BCUT2D eigenvalue weighted by Gasteiger charge is 2.23. The lowest BCUT2D eigenvalue weighted by Crippen LogP contribution is -2.25. The molecule has 1 aromatic carbocycles. The average molecular weight is 335 g/mol. The Balaban J connectivity index is 1.61. The molecule has 25 heavy (non-hydrogen) atoms. The molecule has 0 atom stereocenters. The van der Waals surface area contributed by atoms with Crippen LogP contribution in [0.4, 0.5) is 5.82 Å². The van der Waals surface area contributed by atoms with Crippen molar-refractivity contribution in [2.45, 2.75) is 32.2 Å². The van der Waals surface area contributed by atoms with Crippen molar-refractivity contribution < 1.29 is 4.79 Å². The van der Waals surface area contributed by atoms with Crippen molar-refractivity contribution >= 4 is 17.4 Å². The third-order valence-corrected chi connectivity index (χ3v) is 4.33. The number of hydrogen-bond acceptors (Lipinski definition) is 4. The SMILES string of the molecule is CCCNc1ccnc2c(-c3ccc(C(=O)NC4CC4)cc3)cnn12. The first kappa shape index (κ1) is 15.6. The van der Waals surface area contributed by atoms with Gasteiger partial charge in [-0.05, 0) is 43.0 Å². The summed E-state index contributed by atoms with van der Waals surface area (Å²) in [5.74, 6) is 0.927. The first-order valence-corrected chi connectivity index (χ1v) is 8.74. The van der Waals surface area contributed by atoms with Crippen LogP contribution in [-0.4, -0.2) is 33.1 Å². The highest BCUT2D eigenvalue weighted by Crippen LogP contribution is 2.25. The second kappa shape index (κ2) is 6.55. The lowest BCUT2D eigenvalue weighted by atomic mass is 10.1. The number of carbonyl (C=O) groups excluding carboxylic acids is 1. The monoisotopic (exact) mass is 335 g/mol. The second-order valence-corrected chi connectivity index (χ2v) is 6.38. The maximum atomic E-state index is 12.1. The smallest absolute Gasteiger partial charge is 0.251 e. The van der Waals surface area contributed by atoms with Gasteiger partial charge in [-0.1, -0.05) is 19.1 Å². The molecule has 2 N–H and O–H groups in total. The molecule has 1 aliphatic rings. The largest absolute Gasteiger partial charge is 0.370 e. The van der Waals surface area contributed by atoms with Crippen LogP contribution in [0.3, 0.4) is 0 Å². The first-order valence-electron chi connectivity index (χ1n) is 8.74. The van der Waals surface area contributed by atoms with E-state index in [1.165, 1.54) is 0 Å². The van der Waals surface area contributed by atoms with Crippen molar-refractivity contribution in [1.82, 2.24) is 19.9 Å². The van der Waals surface area contributed by atoms with Gasteiger partial charge in [0.2, 0.25) is 0 Å². The van der Waals surface area contributed by atoms with Gasteiger partial charge in [-0.15, -0.1) is 0 Å². The summed E-state index contributed by atoms with van der Waals surface area (Å²) in [5, 5.41) is 10.8. The third-order valence-electron chi connectivity index (χ3n) is 4.33. The van der Waals surface area contributed by atoms with Gasteiger partial charge in [-0.25, -0.2) is 4.98 Å². The highest BCUT2D eigenvalue weighted by molar-refractivity contribution is 5.95. The molecule has 2 aromatic heterocycles. The summed E-state index contributed by atoms with van der Waals surface area (Å²) in [6, 6.07) is 9.90. The van der Waals surface area contributed by atoms with E-state index < -0.39 is 0 Å². The molecule has 1 aliphatic carbocycles. The molecule has 2 heterocycles. The van der Waals surface area contributed by atoms with Crippen molar-refractivity contribution in [2.24, 2.45) is 0 Å². The zero-order valence-corrected chi connectivity index (χ0v) is 14.2. The minimum atomic E-state index is -0.00177. The molecule has 0 radical (unpaired) electrons. The van der Waals surface area contributed by atoms with Crippen LogP contribution in [-0.2, 0) is 0 Å². The summed E-state index contributed by atoms with van der Waals surface area (Å²) in [6.45, 7) is 3.01. The summed E-state index contributed by atoms with van der Waals surface area (Å²) in [5.41, 5.74) is 3.44. The normalized spacial score (nSPS) is 13.8. The van der Waals surface area contributed by atoms with E-state index >= 15 is 0 Å². The summed E-state index contributed by atoms with van der Waals surface area (Å²) in [4.78, 5) is 16.6. The Morgan fingerprint density at radius 2 is 2.04 bits per heavy atom. The Kier molecular flexibility index (Phi) is 4.09. The van der Waals surface area contributed by atoms with E-state index in [9.17, 15) is 4.79 Å². The first-order chi connectivity index (χ1) is 12.3. The maximum absolute atomic E-state index is 12.1. The van der Waals surface area contributed by atoms with Crippen molar-refractivity contribution in [3.63, 3.8) is 0 Å². The number of carbonyl (C=O) groups is 1. The van der Waals surface area contributed by atoms with Gasteiger partial charge < -0.3 is 10.6 Å². The van der Waals surface area contributed by atoms with E-state index in [0.717, 1.165) is 48.4 Å². The molecule has 6 heteroatoms. The van der Waals surface area contributed by atoms with Crippen LogP contribution in [0.25, 0.3) is 16.8 Å². The molecule has 1 amide bonds. The Hall–Kier alpha value is -2.89. The van der Waals surface area contributed by atoms with Gasteiger partial charge in [0, 0.05) is 29.9 Å². The summed E-state index contributed by atoms with van der Waals surface area (Å²) in [7, 11) is 0. The van der Waals surface area contributed by atoms with Crippen LogP contribution in [0.1, 0.15) is 36.5 Å². The number of rotatable bonds is 6. The summed E-state index contributed by atoms with van der Waals surface area (Å²) < 4.78 is 1.82. The van der Waals surface area contributed by atoms with Gasteiger partial charge in [-0.3, -0.25) is 4.79 Å². The molecule has 0 bridgehead atoms. The van der Waals surface area contributed by atoms with Crippen molar-refractivity contribution in [2.75, 3.05) is 11.9 Å². The molecule has 0 unspecified atom stereocenters. The third kappa shape index (κ3) is 3.20. The number of fused-ring (bicyclic) bond motifs is 1. The number of hydrogen-bond donors (Lipinski definition) is 2. The molecule has 128 valence electrons. The Labute approximate surface area is 146 Å². The quantitative estimate of drug-likeness (QED) is 0.726. The molecular formula is C19H21N5O. The number of aromatic nitrogens is 3. The minimum Gasteiger partial charge on any atom is -0.370 e. The van der Waals surface area contributed by atoms with Crippen molar-refractivity contribution in [3.05, 3.63) is 48.3 Å². The maximum Gasteiger partial charge on any atom is 0.251 e. The molecule has 0 spiro atoms. The fourth-order valence-electron chi connectivity index (χ4n) is 2.78. The van der Waals surface area contributed by atoms with Gasteiger partial charge in [-0.2, -0.15) is 9.61 Å². The van der Waals surface area contributed by atoms with Crippen LogP contribution < -0.4 is 10.6 Å². The number of anilines is 1. The van der Waals surface area contributed by atoms with Crippen molar-refractivity contribution in [3.8, 4) is 11.1 Å². The summed E-state index contributed by atoms with van der Waals surface area (Å²) >= 11 is 0. The predicted octanol–water partition coefficient (Wildman–Crippen LogP) is 3.11. The molecule has 4 rings (SSSR count). The number of benzene rings is 1. The zero-order valence-electron chi connectivity index (χ0n) is 14.2. The van der Waals surface area contributed by atoms with E-state index in [4.69, 9.17) is 0 Å². The fourth-order valence-corrected chi connectivity index (χ4v) is 2.78. The van der Waals surface area contributed by atoms with Crippen LogP contribution in [0.15, 0.2) is 42.7 Å². The van der Waals surface area contributed by atoms with Gasteiger partial charge in [0.1, 0.15) is 5.82 Å². The topological polar surface area (TPSA) is 71.3 Å². The molecule has 1 fully saturated rings. The predicted molar refractivity (Wildman–Crippen MR) is 97.7 cm³/mol. The van der Waals surface area contributed by atoms with E-state index in [1.807, 2.05) is 41.0 Å².